The summed E-state index contributed by atoms with van der Waals surface area (Å²) in [4.78, 5) is 26.9. The van der Waals surface area contributed by atoms with Gasteiger partial charge in [0.25, 0.3) is 0 Å². The molecule has 0 spiro atoms. The Kier molecular flexibility index (Phi) is 6.38. The van der Waals surface area contributed by atoms with Gasteiger partial charge in [-0.25, -0.2) is 14.0 Å². The Morgan fingerprint density at radius 1 is 1.30 bits per heavy atom. The zero-order chi connectivity index (χ0) is 19.4. The van der Waals surface area contributed by atoms with Gasteiger partial charge in [-0.2, -0.15) is 16.9 Å². The van der Waals surface area contributed by atoms with Gasteiger partial charge in [0.1, 0.15) is 5.82 Å². The molecule has 3 rings (SSSR count). The van der Waals surface area contributed by atoms with Gasteiger partial charge in [-0.3, -0.25) is 4.79 Å². The summed E-state index contributed by atoms with van der Waals surface area (Å²) in [5, 5.41) is 4.49. The van der Waals surface area contributed by atoms with Gasteiger partial charge in [0.15, 0.2) is 0 Å². The molecule has 1 atom stereocenters. The van der Waals surface area contributed by atoms with Crippen LogP contribution in [-0.4, -0.2) is 55.8 Å². The van der Waals surface area contributed by atoms with Crippen LogP contribution >= 0.6 is 11.8 Å². The lowest BCUT2D eigenvalue weighted by Gasteiger charge is -2.33. The van der Waals surface area contributed by atoms with E-state index < -0.39 is 6.04 Å². The van der Waals surface area contributed by atoms with Crippen molar-refractivity contribution in [3.05, 3.63) is 46.6 Å². The standard InChI is InChI=1S/C19H27N5O2S/c1-3-27-13-16(20)18(25)23-11-9-14(10-12-23)17-21-22(2)19(26)24(17)15-7-5-4-6-8-15/h4-8,14,16H,3,9-13,20H2,1-2H3/t16-/m0/s1. The van der Waals surface area contributed by atoms with Crippen molar-refractivity contribution in [2.45, 2.75) is 31.7 Å². The maximum absolute atomic E-state index is 12.6. The summed E-state index contributed by atoms with van der Waals surface area (Å²) in [6.45, 7) is 3.35. The Balaban J connectivity index is 1.73. The van der Waals surface area contributed by atoms with Crippen molar-refractivity contribution < 1.29 is 4.79 Å². The molecule has 0 radical (unpaired) electrons. The fourth-order valence-electron chi connectivity index (χ4n) is 3.48. The number of hydrogen-bond acceptors (Lipinski definition) is 5. The molecule has 1 saturated heterocycles. The van der Waals surface area contributed by atoms with Crippen LogP contribution in [0.3, 0.4) is 0 Å². The third kappa shape index (κ3) is 4.27. The quantitative estimate of drug-likeness (QED) is 0.806. The monoisotopic (exact) mass is 389 g/mol. The first kappa shape index (κ1) is 19.7. The SMILES string of the molecule is CCSC[C@H](N)C(=O)N1CCC(c2nn(C)c(=O)n2-c2ccccc2)CC1. The molecule has 1 aliphatic rings. The van der Waals surface area contributed by atoms with Crippen LogP contribution in [-0.2, 0) is 11.8 Å². The number of carbonyl (C=O) groups excluding carboxylic acids is 1. The number of nitrogens with zero attached hydrogens (tertiary/aromatic N) is 4. The van der Waals surface area contributed by atoms with E-state index in [2.05, 4.69) is 12.0 Å². The largest absolute Gasteiger partial charge is 0.350 e. The predicted octanol–water partition coefficient (Wildman–Crippen LogP) is 1.36. The minimum Gasteiger partial charge on any atom is -0.341 e. The molecule has 1 aromatic heterocycles. The topological polar surface area (TPSA) is 86.2 Å². The number of amides is 1. The zero-order valence-corrected chi connectivity index (χ0v) is 16.7. The predicted molar refractivity (Wildman–Crippen MR) is 108 cm³/mol. The maximum Gasteiger partial charge on any atom is 0.350 e. The number of thioether (sulfide) groups is 1. The van der Waals surface area contributed by atoms with Gasteiger partial charge in [-0.1, -0.05) is 25.1 Å². The molecule has 27 heavy (non-hydrogen) atoms. The van der Waals surface area contributed by atoms with E-state index in [0.717, 1.165) is 30.1 Å². The molecule has 146 valence electrons. The second-order valence-electron chi connectivity index (χ2n) is 6.80. The molecule has 2 N–H and O–H groups in total. The highest BCUT2D eigenvalue weighted by Gasteiger charge is 2.30. The lowest BCUT2D eigenvalue weighted by Crippen LogP contribution is -2.48. The van der Waals surface area contributed by atoms with E-state index in [4.69, 9.17) is 5.73 Å². The number of piperidine rings is 1. The van der Waals surface area contributed by atoms with Gasteiger partial charge >= 0.3 is 5.69 Å². The molecule has 2 aromatic rings. The van der Waals surface area contributed by atoms with Crippen molar-refractivity contribution in [3.8, 4) is 5.69 Å². The average molecular weight is 390 g/mol. The van der Waals surface area contributed by atoms with Crippen molar-refractivity contribution in [1.82, 2.24) is 19.2 Å². The lowest BCUT2D eigenvalue weighted by atomic mass is 9.95. The Hall–Kier alpha value is -2.06. The van der Waals surface area contributed by atoms with E-state index in [-0.39, 0.29) is 17.5 Å². The third-order valence-corrected chi connectivity index (χ3v) is 5.96. The Labute approximate surface area is 163 Å². The van der Waals surface area contributed by atoms with E-state index in [1.54, 1.807) is 23.4 Å². The van der Waals surface area contributed by atoms with Gasteiger partial charge in [-0.05, 0) is 30.7 Å². The van der Waals surface area contributed by atoms with Crippen LogP contribution in [0.1, 0.15) is 31.5 Å². The summed E-state index contributed by atoms with van der Waals surface area (Å²) in [5.74, 6) is 2.55. The molecule has 0 saturated carbocycles. The summed E-state index contributed by atoms with van der Waals surface area (Å²) in [5.41, 5.74) is 6.71. The second-order valence-corrected chi connectivity index (χ2v) is 8.12. The first-order chi connectivity index (χ1) is 13.0. The van der Waals surface area contributed by atoms with E-state index in [1.165, 1.54) is 4.68 Å². The van der Waals surface area contributed by atoms with Crippen LogP contribution in [0.15, 0.2) is 35.1 Å². The molecule has 7 nitrogen and oxygen atoms in total. The molecule has 1 aliphatic heterocycles. The number of nitrogens with two attached hydrogens (primary N) is 1. The van der Waals surface area contributed by atoms with Crippen molar-refractivity contribution in [2.24, 2.45) is 12.8 Å². The second kappa shape index (κ2) is 8.75. The van der Waals surface area contributed by atoms with Crippen molar-refractivity contribution in [3.63, 3.8) is 0 Å². The number of benzene rings is 1. The number of para-hydroxylation sites is 1. The van der Waals surface area contributed by atoms with Gasteiger partial charge in [0, 0.05) is 31.8 Å². The average Bonchev–Trinajstić information content (AvgIpc) is 3.01. The van der Waals surface area contributed by atoms with Gasteiger partial charge < -0.3 is 10.6 Å². The van der Waals surface area contributed by atoms with E-state index >= 15 is 0 Å². The molecule has 0 aliphatic carbocycles. The minimum absolute atomic E-state index is 0.0240. The molecule has 0 bridgehead atoms. The number of hydrogen-bond donors (Lipinski definition) is 1. The van der Waals surface area contributed by atoms with Crippen molar-refractivity contribution in [1.29, 1.82) is 0 Å². The Bertz CT molecular complexity index is 824. The zero-order valence-electron chi connectivity index (χ0n) is 15.9. The number of aryl methyl sites for hydroxylation is 1. The highest BCUT2D eigenvalue weighted by molar-refractivity contribution is 7.99. The van der Waals surface area contributed by atoms with E-state index in [1.807, 2.05) is 35.2 Å². The molecule has 1 amide bonds. The van der Waals surface area contributed by atoms with Crippen molar-refractivity contribution in [2.75, 3.05) is 24.6 Å². The fourth-order valence-corrected chi connectivity index (χ4v) is 4.11. The molecule has 8 heteroatoms. The van der Waals surface area contributed by atoms with Crippen LogP contribution in [0.2, 0.25) is 0 Å². The lowest BCUT2D eigenvalue weighted by molar-refractivity contribution is -0.133. The maximum atomic E-state index is 12.6. The normalized spacial score (nSPS) is 16.5. The van der Waals surface area contributed by atoms with E-state index in [9.17, 15) is 9.59 Å². The fraction of sp³-hybridized carbons (Fsp3) is 0.526. The summed E-state index contributed by atoms with van der Waals surface area (Å²) >= 11 is 1.69. The van der Waals surface area contributed by atoms with Gasteiger partial charge in [0.05, 0.1) is 11.7 Å². The van der Waals surface area contributed by atoms with Crippen LogP contribution in [0, 0.1) is 0 Å². The molecular formula is C19H27N5O2S. The number of carbonyl (C=O) groups is 1. The van der Waals surface area contributed by atoms with Gasteiger partial charge in [0.2, 0.25) is 5.91 Å². The first-order valence-corrected chi connectivity index (χ1v) is 10.5. The summed E-state index contributed by atoms with van der Waals surface area (Å²) in [7, 11) is 1.67. The highest BCUT2D eigenvalue weighted by atomic mass is 32.2. The summed E-state index contributed by atoms with van der Waals surface area (Å²) < 4.78 is 3.07. The Morgan fingerprint density at radius 3 is 2.59 bits per heavy atom. The minimum atomic E-state index is -0.441. The molecule has 1 fully saturated rings. The first-order valence-electron chi connectivity index (χ1n) is 9.36. The van der Waals surface area contributed by atoms with Crippen LogP contribution in [0.5, 0.6) is 0 Å². The van der Waals surface area contributed by atoms with Crippen LogP contribution < -0.4 is 11.4 Å². The molecule has 2 heterocycles. The highest BCUT2D eigenvalue weighted by Crippen LogP contribution is 2.27. The third-order valence-electron chi connectivity index (χ3n) is 4.95. The number of likely N-dealkylation sites (tertiary alicyclic amines) is 1. The van der Waals surface area contributed by atoms with Gasteiger partial charge in [-0.15, -0.1) is 0 Å². The summed E-state index contributed by atoms with van der Waals surface area (Å²) in [6, 6.07) is 9.13. The van der Waals surface area contributed by atoms with Crippen LogP contribution in [0.4, 0.5) is 0 Å². The Morgan fingerprint density at radius 2 is 1.96 bits per heavy atom. The molecule has 1 aromatic carbocycles. The smallest absolute Gasteiger partial charge is 0.341 e. The van der Waals surface area contributed by atoms with Crippen LogP contribution in [0.25, 0.3) is 5.69 Å². The number of rotatable bonds is 6. The molecular weight excluding hydrogens is 362 g/mol. The van der Waals surface area contributed by atoms with E-state index in [0.29, 0.717) is 18.8 Å². The molecule has 0 unspecified atom stereocenters. The summed E-state index contributed by atoms with van der Waals surface area (Å²) in [6.07, 6.45) is 1.56. The van der Waals surface area contributed by atoms with Crippen molar-refractivity contribution >= 4 is 17.7 Å². The number of aromatic nitrogens is 3.